The number of aliphatic imine (C=N–C) groups is 1. The summed E-state index contributed by atoms with van der Waals surface area (Å²) in [6, 6.07) is 12.6. The fraction of sp³-hybridized carbons (Fsp3) is 0.485. The number of hydrogen-bond donors (Lipinski definition) is 5. The molecule has 48 heavy (non-hydrogen) atoms. The first-order chi connectivity index (χ1) is 22.2. The largest absolute Gasteiger partial charge is 0.444 e. The Labute approximate surface area is 281 Å². The van der Waals surface area contributed by atoms with E-state index >= 15 is 0 Å². The monoisotopic (exact) mass is 668 g/mol. The van der Waals surface area contributed by atoms with Gasteiger partial charge in [-0.15, -0.1) is 0 Å². The summed E-state index contributed by atoms with van der Waals surface area (Å²) in [5, 5.41) is 18.6. The molecule has 0 spiro atoms. The van der Waals surface area contributed by atoms with Crippen LogP contribution in [0.4, 0.5) is 37.1 Å². The first-order valence-electron chi connectivity index (χ1n) is 15.4. The van der Waals surface area contributed by atoms with Crippen LogP contribution >= 0.6 is 0 Å². The molecular formula is C33H48N8O7. The number of ether oxygens (including phenoxy) is 3. The van der Waals surface area contributed by atoms with Crippen LogP contribution in [0.5, 0.6) is 0 Å². The highest BCUT2D eigenvalue weighted by molar-refractivity contribution is 6.01. The molecule has 1 atom stereocenters. The molecule has 6 N–H and O–H groups in total. The van der Waals surface area contributed by atoms with Gasteiger partial charge < -0.3 is 30.6 Å². The number of rotatable bonds is 9. The number of nitrogens with one attached hydrogen (secondary N) is 4. The molecule has 0 aromatic heterocycles. The van der Waals surface area contributed by atoms with Gasteiger partial charge in [-0.05, 0) is 124 Å². The fourth-order valence-electron chi connectivity index (χ4n) is 3.61. The van der Waals surface area contributed by atoms with Gasteiger partial charge in [0, 0.05) is 17.9 Å². The molecule has 4 amide bonds. The molecule has 15 nitrogen and oxygen atoms in total. The number of nitrogen functional groups attached to an aromatic ring is 1. The Morgan fingerprint density at radius 2 is 1.12 bits per heavy atom. The van der Waals surface area contributed by atoms with E-state index < -0.39 is 47.0 Å². The number of amides is 4. The molecule has 0 radical (unpaired) electrons. The average Bonchev–Trinajstić information content (AvgIpc) is 2.92. The van der Waals surface area contributed by atoms with Crippen molar-refractivity contribution in [1.29, 1.82) is 0 Å². The predicted molar refractivity (Wildman–Crippen MR) is 184 cm³/mol. The highest BCUT2D eigenvalue weighted by atomic mass is 16.6. The molecule has 0 aliphatic rings. The van der Waals surface area contributed by atoms with Crippen LogP contribution in [0.25, 0.3) is 0 Å². The lowest BCUT2D eigenvalue weighted by Crippen LogP contribution is -2.47. The average molecular weight is 669 g/mol. The Morgan fingerprint density at radius 1 is 0.688 bits per heavy atom. The van der Waals surface area contributed by atoms with E-state index in [0.29, 0.717) is 22.7 Å². The highest BCUT2D eigenvalue weighted by Gasteiger charge is 2.25. The highest BCUT2D eigenvalue weighted by Crippen LogP contribution is 2.21. The normalized spacial score (nSPS) is 12.4. The van der Waals surface area contributed by atoms with Gasteiger partial charge in [-0.3, -0.25) is 20.4 Å². The SMILES string of the molecule is CC(C)(C)OC(=O)NC(=NCCCC(NC(=O)OC(C)(C)C)C(=O)Nc1ccc(N=Nc2ccc(N)cc2)cc1)NC(=O)OC(C)(C)C. The Bertz CT molecular complexity index is 1420. The number of hydrogen-bond acceptors (Lipinski definition) is 11. The summed E-state index contributed by atoms with van der Waals surface area (Å²) < 4.78 is 15.9. The second kappa shape index (κ2) is 17.1. The van der Waals surface area contributed by atoms with Gasteiger partial charge in [-0.2, -0.15) is 10.2 Å². The Kier molecular flexibility index (Phi) is 13.9. The minimum Gasteiger partial charge on any atom is -0.444 e. The van der Waals surface area contributed by atoms with Crippen LogP contribution in [-0.4, -0.2) is 59.5 Å². The van der Waals surface area contributed by atoms with Gasteiger partial charge in [0.05, 0.1) is 11.4 Å². The first kappa shape index (κ1) is 39.0. The molecule has 0 aliphatic carbocycles. The molecule has 2 aromatic carbocycles. The third kappa shape index (κ3) is 16.9. The molecule has 0 fully saturated rings. The zero-order valence-corrected chi connectivity index (χ0v) is 29.1. The predicted octanol–water partition coefficient (Wildman–Crippen LogP) is 6.70. The third-order valence-electron chi connectivity index (χ3n) is 5.48. The number of anilines is 2. The molecule has 0 bridgehead atoms. The lowest BCUT2D eigenvalue weighted by atomic mass is 10.1. The molecule has 2 aromatic rings. The summed E-state index contributed by atoms with van der Waals surface area (Å²) in [5.74, 6) is -0.701. The summed E-state index contributed by atoms with van der Waals surface area (Å²) in [6.07, 6.45) is -2.05. The Balaban J connectivity index is 2.13. The van der Waals surface area contributed by atoms with Crippen molar-refractivity contribution in [1.82, 2.24) is 16.0 Å². The molecule has 0 heterocycles. The van der Waals surface area contributed by atoms with E-state index in [1.54, 1.807) is 111 Å². The number of guanidine groups is 1. The maximum Gasteiger partial charge on any atom is 0.414 e. The van der Waals surface area contributed by atoms with E-state index in [4.69, 9.17) is 19.9 Å². The second-order valence-corrected chi connectivity index (χ2v) is 13.7. The summed E-state index contributed by atoms with van der Waals surface area (Å²) in [7, 11) is 0. The van der Waals surface area contributed by atoms with Crippen LogP contribution in [0.2, 0.25) is 0 Å². The lowest BCUT2D eigenvalue weighted by Gasteiger charge is -2.23. The van der Waals surface area contributed by atoms with Crippen molar-refractivity contribution < 1.29 is 33.4 Å². The molecule has 0 saturated carbocycles. The minimum atomic E-state index is -1.01. The van der Waals surface area contributed by atoms with Gasteiger partial charge in [0.2, 0.25) is 11.9 Å². The van der Waals surface area contributed by atoms with Crippen LogP contribution < -0.4 is 27.0 Å². The maximum atomic E-state index is 13.3. The van der Waals surface area contributed by atoms with Gasteiger partial charge in [-0.25, -0.2) is 14.4 Å². The van der Waals surface area contributed by atoms with Crippen molar-refractivity contribution in [3.8, 4) is 0 Å². The van der Waals surface area contributed by atoms with Crippen molar-refractivity contribution in [2.24, 2.45) is 15.2 Å². The Hall–Kier alpha value is -5.21. The summed E-state index contributed by atoms with van der Waals surface area (Å²) in [5.41, 5.74) is 5.60. The van der Waals surface area contributed by atoms with Crippen molar-refractivity contribution in [3.63, 3.8) is 0 Å². The minimum absolute atomic E-state index is 0.0500. The molecule has 2 rings (SSSR count). The van der Waals surface area contributed by atoms with E-state index in [2.05, 4.69) is 36.5 Å². The number of carbonyl (C=O) groups is 4. The van der Waals surface area contributed by atoms with Crippen LogP contribution in [-0.2, 0) is 19.0 Å². The number of benzene rings is 2. The van der Waals surface area contributed by atoms with Gasteiger partial charge >= 0.3 is 18.3 Å². The van der Waals surface area contributed by atoms with Crippen LogP contribution in [0.3, 0.4) is 0 Å². The zero-order chi connectivity index (χ0) is 36.1. The van der Waals surface area contributed by atoms with Gasteiger partial charge in [-0.1, -0.05) is 0 Å². The van der Waals surface area contributed by atoms with E-state index in [1.807, 2.05) is 0 Å². The molecule has 15 heteroatoms. The number of alkyl carbamates (subject to hydrolysis) is 3. The number of carbonyl (C=O) groups excluding carboxylic acids is 4. The van der Waals surface area contributed by atoms with Crippen molar-refractivity contribution >= 4 is 52.9 Å². The quantitative estimate of drug-likeness (QED) is 0.0484. The number of azo groups is 1. The van der Waals surface area contributed by atoms with Crippen molar-refractivity contribution in [2.75, 3.05) is 17.6 Å². The maximum absolute atomic E-state index is 13.3. The lowest BCUT2D eigenvalue weighted by molar-refractivity contribution is -0.118. The summed E-state index contributed by atoms with van der Waals surface area (Å²) >= 11 is 0. The van der Waals surface area contributed by atoms with Gasteiger partial charge in [0.25, 0.3) is 0 Å². The van der Waals surface area contributed by atoms with Gasteiger partial charge in [0.15, 0.2) is 0 Å². The first-order valence-corrected chi connectivity index (χ1v) is 15.4. The summed E-state index contributed by atoms with van der Waals surface area (Å²) in [6.45, 7) is 15.3. The van der Waals surface area contributed by atoms with Gasteiger partial charge in [0.1, 0.15) is 22.8 Å². The molecule has 262 valence electrons. The van der Waals surface area contributed by atoms with Crippen LogP contribution in [0.1, 0.15) is 75.2 Å². The van der Waals surface area contributed by atoms with Crippen LogP contribution in [0, 0.1) is 0 Å². The topological polar surface area (TPSA) is 207 Å². The van der Waals surface area contributed by atoms with E-state index in [9.17, 15) is 19.2 Å². The zero-order valence-electron chi connectivity index (χ0n) is 29.1. The molecule has 1 unspecified atom stereocenters. The summed E-state index contributed by atoms with van der Waals surface area (Å²) in [4.78, 5) is 54.9. The second-order valence-electron chi connectivity index (χ2n) is 13.7. The number of nitrogens with two attached hydrogens (primary N) is 1. The standard InChI is InChI=1S/C33H48N8O7/c1-31(2,3)46-28(43)37-25(26(42)36-22-16-18-24(19-17-22)41-40-23-14-12-21(34)13-15-23)11-10-20-35-27(38-29(44)47-32(4,5)6)39-30(45)48-33(7,8)9/h12-19,25H,10-11,20,34H2,1-9H3,(H,36,42)(H,37,43)(H2,35,38,39,44,45). The smallest absolute Gasteiger partial charge is 0.414 e. The Morgan fingerprint density at radius 3 is 1.58 bits per heavy atom. The molecular weight excluding hydrogens is 620 g/mol. The number of nitrogens with zero attached hydrogens (tertiary/aromatic N) is 3. The van der Waals surface area contributed by atoms with Crippen molar-refractivity contribution in [2.45, 2.75) is 98.0 Å². The van der Waals surface area contributed by atoms with E-state index in [-0.39, 0.29) is 25.3 Å². The van der Waals surface area contributed by atoms with E-state index in [1.165, 1.54) is 0 Å². The van der Waals surface area contributed by atoms with E-state index in [0.717, 1.165) is 0 Å². The fourth-order valence-corrected chi connectivity index (χ4v) is 3.61. The van der Waals surface area contributed by atoms with Crippen LogP contribution in [0.15, 0.2) is 63.8 Å². The molecule has 0 saturated heterocycles. The van der Waals surface area contributed by atoms with Crippen molar-refractivity contribution in [3.05, 3.63) is 48.5 Å². The molecule has 0 aliphatic heterocycles. The third-order valence-corrected chi connectivity index (χ3v) is 5.48.